The molecule has 0 radical (unpaired) electrons. The Balaban J connectivity index is 3.59. The van der Waals surface area contributed by atoms with Crippen LogP contribution in [0.5, 0.6) is 0 Å². The normalized spacial score (nSPS) is 10.0. The molecule has 0 aromatic carbocycles. The van der Waals surface area contributed by atoms with Crippen molar-refractivity contribution in [3.05, 3.63) is 33.2 Å². The van der Waals surface area contributed by atoms with E-state index in [1.165, 1.54) is 6.07 Å². The average Bonchev–Trinajstić information content (AvgIpc) is 2.15. The zero-order valence-corrected chi connectivity index (χ0v) is 7.12. The lowest BCUT2D eigenvalue weighted by Gasteiger charge is -2.03. The number of hydrogen-bond acceptors (Lipinski definition) is 3. The summed E-state index contributed by atoms with van der Waals surface area (Å²) >= 11 is 0. The van der Waals surface area contributed by atoms with Crippen LogP contribution in [-0.2, 0) is 0 Å². The second-order valence-electron chi connectivity index (χ2n) is 2.56. The number of carboxylic acid groups (broad SMARTS) is 1. The van der Waals surface area contributed by atoms with E-state index in [0.29, 0.717) is 6.07 Å². The molecule has 2 N–H and O–H groups in total. The Kier molecular flexibility index (Phi) is 2.80. The third-order valence-corrected chi connectivity index (χ3v) is 1.63. The van der Waals surface area contributed by atoms with Crippen LogP contribution in [0.15, 0.2) is 10.9 Å². The van der Waals surface area contributed by atoms with Crippen molar-refractivity contribution in [2.24, 2.45) is 0 Å². The van der Waals surface area contributed by atoms with E-state index in [0.717, 1.165) is 0 Å². The van der Waals surface area contributed by atoms with Gasteiger partial charge in [-0.2, -0.15) is 5.26 Å². The molecule has 0 aliphatic rings. The number of rotatable bonds is 2. The number of aromatic carboxylic acids is 1. The van der Waals surface area contributed by atoms with Crippen LogP contribution in [0, 0.1) is 11.3 Å². The molecule has 5 nitrogen and oxygen atoms in total. The van der Waals surface area contributed by atoms with Gasteiger partial charge in [-0.1, -0.05) is 0 Å². The van der Waals surface area contributed by atoms with Crippen LogP contribution in [0.1, 0.15) is 28.0 Å². The van der Waals surface area contributed by atoms with E-state index in [4.69, 9.17) is 10.4 Å². The number of nitriles is 1. The molecular formula is C8H4F2N2O3. The van der Waals surface area contributed by atoms with Crippen molar-refractivity contribution >= 4 is 5.97 Å². The minimum Gasteiger partial charge on any atom is -0.477 e. The summed E-state index contributed by atoms with van der Waals surface area (Å²) in [5.41, 5.74) is -3.61. The van der Waals surface area contributed by atoms with Gasteiger partial charge in [0.25, 0.3) is 12.0 Å². The maximum Gasteiger partial charge on any atom is 0.341 e. The summed E-state index contributed by atoms with van der Waals surface area (Å²) in [6, 6.07) is 2.10. The minimum atomic E-state index is -3.12. The number of aromatic nitrogens is 1. The molecule has 1 rings (SSSR count). The van der Waals surface area contributed by atoms with Crippen LogP contribution in [-0.4, -0.2) is 16.1 Å². The van der Waals surface area contributed by atoms with Crippen LogP contribution >= 0.6 is 0 Å². The molecule has 0 aliphatic heterocycles. The Morgan fingerprint density at radius 3 is 2.60 bits per heavy atom. The number of pyridine rings is 1. The predicted octanol–water partition coefficient (Wildman–Crippen LogP) is 0.882. The third kappa shape index (κ3) is 1.99. The van der Waals surface area contributed by atoms with Gasteiger partial charge in [0, 0.05) is 5.56 Å². The van der Waals surface area contributed by atoms with Gasteiger partial charge in [0.05, 0.1) is 0 Å². The smallest absolute Gasteiger partial charge is 0.341 e. The fourth-order valence-electron chi connectivity index (χ4n) is 1.03. The van der Waals surface area contributed by atoms with Crippen molar-refractivity contribution < 1.29 is 18.7 Å². The predicted molar refractivity (Wildman–Crippen MR) is 43.7 cm³/mol. The van der Waals surface area contributed by atoms with E-state index < -0.39 is 34.8 Å². The van der Waals surface area contributed by atoms with Crippen LogP contribution in [0.2, 0.25) is 0 Å². The van der Waals surface area contributed by atoms with Crippen LogP contribution in [0.25, 0.3) is 0 Å². The van der Waals surface area contributed by atoms with Crippen LogP contribution in [0.4, 0.5) is 8.78 Å². The second kappa shape index (κ2) is 3.88. The minimum absolute atomic E-state index is 0.402. The van der Waals surface area contributed by atoms with E-state index in [1.807, 2.05) is 4.98 Å². The Morgan fingerprint density at radius 2 is 2.20 bits per heavy atom. The van der Waals surface area contributed by atoms with E-state index in [9.17, 15) is 18.4 Å². The Labute approximate surface area is 81.6 Å². The standard InChI is InChI=1S/C8H4F2N2O3/c9-6(10)4-1-3(2-11)12-7(13)5(4)8(14)15/h1,6H,(H,12,13)(H,14,15). The van der Waals surface area contributed by atoms with Crippen molar-refractivity contribution in [3.8, 4) is 6.07 Å². The highest BCUT2D eigenvalue weighted by atomic mass is 19.3. The molecule has 7 heteroatoms. The van der Waals surface area contributed by atoms with Gasteiger partial charge in [0.2, 0.25) is 0 Å². The summed E-state index contributed by atoms with van der Waals surface area (Å²) in [5.74, 6) is -1.75. The molecule has 0 saturated heterocycles. The lowest BCUT2D eigenvalue weighted by atomic mass is 10.1. The van der Waals surface area contributed by atoms with Crippen molar-refractivity contribution in [3.63, 3.8) is 0 Å². The van der Waals surface area contributed by atoms with Crippen molar-refractivity contribution in [1.82, 2.24) is 4.98 Å². The van der Waals surface area contributed by atoms with Gasteiger partial charge in [0.1, 0.15) is 17.3 Å². The zero-order valence-electron chi connectivity index (χ0n) is 7.12. The molecule has 0 spiro atoms. The number of halogens is 2. The third-order valence-electron chi connectivity index (χ3n) is 1.63. The molecule has 0 amide bonds. The largest absolute Gasteiger partial charge is 0.477 e. The number of carboxylic acids is 1. The maximum absolute atomic E-state index is 12.4. The summed E-state index contributed by atoms with van der Waals surface area (Å²) in [5, 5.41) is 16.9. The van der Waals surface area contributed by atoms with Gasteiger partial charge >= 0.3 is 5.97 Å². The Hall–Kier alpha value is -2.23. The topological polar surface area (TPSA) is 93.9 Å². The summed E-state index contributed by atoms with van der Waals surface area (Å²) in [7, 11) is 0. The summed E-state index contributed by atoms with van der Waals surface area (Å²) in [6.07, 6.45) is -3.12. The molecule has 0 saturated carbocycles. The SMILES string of the molecule is N#Cc1cc(C(F)F)c(C(=O)O)c(=O)[nH]1. The van der Waals surface area contributed by atoms with E-state index >= 15 is 0 Å². The highest BCUT2D eigenvalue weighted by Gasteiger charge is 2.22. The molecule has 1 aromatic rings. The Bertz CT molecular complexity index is 502. The highest BCUT2D eigenvalue weighted by molar-refractivity contribution is 5.89. The first-order valence-corrected chi connectivity index (χ1v) is 3.66. The quantitative estimate of drug-likeness (QED) is 0.764. The first kappa shape index (κ1) is 10.8. The number of alkyl halides is 2. The number of aromatic amines is 1. The number of nitrogens with one attached hydrogen (secondary N) is 1. The van der Waals surface area contributed by atoms with Crippen molar-refractivity contribution in [2.75, 3.05) is 0 Å². The molecule has 15 heavy (non-hydrogen) atoms. The summed E-state index contributed by atoms with van der Waals surface area (Å²) in [6.45, 7) is 0. The molecule has 78 valence electrons. The zero-order chi connectivity index (χ0) is 11.6. The van der Waals surface area contributed by atoms with E-state index in [-0.39, 0.29) is 0 Å². The van der Waals surface area contributed by atoms with Crippen LogP contribution < -0.4 is 5.56 Å². The molecular weight excluding hydrogens is 210 g/mol. The number of carbonyl (C=O) groups is 1. The molecule has 0 aliphatic carbocycles. The highest BCUT2D eigenvalue weighted by Crippen LogP contribution is 2.20. The van der Waals surface area contributed by atoms with Crippen molar-refractivity contribution in [2.45, 2.75) is 6.43 Å². The van der Waals surface area contributed by atoms with E-state index in [2.05, 4.69) is 0 Å². The maximum atomic E-state index is 12.4. The lowest BCUT2D eigenvalue weighted by molar-refractivity contribution is 0.0682. The van der Waals surface area contributed by atoms with E-state index in [1.54, 1.807) is 0 Å². The monoisotopic (exact) mass is 214 g/mol. The van der Waals surface area contributed by atoms with Gasteiger partial charge in [-0.25, -0.2) is 13.6 Å². The molecule has 0 bridgehead atoms. The molecule has 1 aromatic heterocycles. The fourth-order valence-corrected chi connectivity index (χ4v) is 1.03. The molecule has 0 unspecified atom stereocenters. The lowest BCUT2D eigenvalue weighted by Crippen LogP contribution is -2.21. The molecule has 0 atom stereocenters. The van der Waals surface area contributed by atoms with Gasteiger partial charge in [-0.3, -0.25) is 4.79 Å². The average molecular weight is 214 g/mol. The fraction of sp³-hybridized carbons (Fsp3) is 0.125. The number of nitrogens with zero attached hydrogens (tertiary/aromatic N) is 1. The number of H-pyrrole nitrogens is 1. The first-order chi connectivity index (χ1) is 6.97. The van der Waals surface area contributed by atoms with Gasteiger partial charge in [0.15, 0.2) is 0 Å². The number of hydrogen-bond donors (Lipinski definition) is 2. The van der Waals surface area contributed by atoms with Gasteiger partial charge < -0.3 is 10.1 Å². The van der Waals surface area contributed by atoms with Gasteiger partial charge in [-0.15, -0.1) is 0 Å². The Morgan fingerprint density at radius 1 is 1.60 bits per heavy atom. The van der Waals surface area contributed by atoms with Gasteiger partial charge in [-0.05, 0) is 6.07 Å². The molecule has 0 fully saturated rings. The second-order valence-corrected chi connectivity index (χ2v) is 2.56. The first-order valence-electron chi connectivity index (χ1n) is 3.66. The van der Waals surface area contributed by atoms with Crippen LogP contribution in [0.3, 0.4) is 0 Å². The molecule has 1 heterocycles. The van der Waals surface area contributed by atoms with Crippen molar-refractivity contribution in [1.29, 1.82) is 5.26 Å². The summed E-state index contributed by atoms with van der Waals surface area (Å²) in [4.78, 5) is 23.4. The summed E-state index contributed by atoms with van der Waals surface area (Å²) < 4.78 is 24.7.